The van der Waals surface area contributed by atoms with Crippen molar-refractivity contribution in [2.75, 3.05) is 0 Å². The molecule has 87 valence electrons. The Bertz CT molecular complexity index is 200. The predicted octanol–water partition coefficient (Wildman–Crippen LogP) is 3.57. The average molecular weight is 209 g/mol. The summed E-state index contributed by atoms with van der Waals surface area (Å²) >= 11 is 0. The Morgan fingerprint density at radius 3 is 2.40 bits per heavy atom. The van der Waals surface area contributed by atoms with Crippen LogP contribution >= 0.6 is 0 Å². The van der Waals surface area contributed by atoms with Gasteiger partial charge >= 0.3 is 0 Å². The van der Waals surface area contributed by atoms with Crippen LogP contribution in [0.25, 0.3) is 0 Å². The van der Waals surface area contributed by atoms with Gasteiger partial charge in [0, 0.05) is 0 Å². The van der Waals surface area contributed by atoms with Crippen molar-refractivity contribution in [1.82, 2.24) is 0 Å². The van der Waals surface area contributed by atoms with Crippen LogP contribution < -0.4 is 0 Å². The van der Waals surface area contributed by atoms with Crippen molar-refractivity contribution >= 4 is 0 Å². The molecule has 0 aromatic rings. The first-order valence-electron chi connectivity index (χ1n) is 6.62. The molecule has 15 heavy (non-hydrogen) atoms. The van der Waals surface area contributed by atoms with E-state index < -0.39 is 0 Å². The molecule has 1 N–H and O–H groups in total. The van der Waals surface area contributed by atoms with Crippen LogP contribution in [0.1, 0.15) is 58.8 Å². The first kappa shape index (κ1) is 11.4. The van der Waals surface area contributed by atoms with Crippen molar-refractivity contribution in [1.29, 1.82) is 0 Å². The van der Waals surface area contributed by atoms with Crippen LogP contribution in [0.2, 0.25) is 0 Å². The summed E-state index contributed by atoms with van der Waals surface area (Å²) in [5, 5.41) is 9.66. The van der Waals surface area contributed by atoms with Gasteiger partial charge in [-0.25, -0.2) is 0 Å². The van der Waals surface area contributed by atoms with Gasteiger partial charge in [-0.1, -0.05) is 20.3 Å². The van der Waals surface area contributed by atoms with Crippen LogP contribution in [0.3, 0.4) is 0 Å². The molecule has 0 saturated heterocycles. The van der Waals surface area contributed by atoms with E-state index in [9.17, 15) is 5.11 Å². The van der Waals surface area contributed by atoms with Crippen molar-refractivity contribution in [3.05, 3.63) is 5.92 Å². The summed E-state index contributed by atoms with van der Waals surface area (Å²) in [7, 11) is 0. The average Bonchev–Trinajstić information content (AvgIpc) is 2.17. The number of rotatable bonds is 2. The molecule has 0 bridgehead atoms. The van der Waals surface area contributed by atoms with Crippen LogP contribution in [0, 0.1) is 23.7 Å². The first-order valence-corrected chi connectivity index (χ1v) is 6.62. The minimum Gasteiger partial charge on any atom is -0.393 e. The Kier molecular flexibility index (Phi) is 3.71. The van der Waals surface area contributed by atoms with Gasteiger partial charge in [0.25, 0.3) is 0 Å². The van der Waals surface area contributed by atoms with Gasteiger partial charge in [0.05, 0.1) is 6.10 Å². The van der Waals surface area contributed by atoms with E-state index in [4.69, 9.17) is 0 Å². The molecule has 1 radical (unpaired) electrons. The number of hydrogen-bond donors (Lipinski definition) is 1. The van der Waals surface area contributed by atoms with E-state index in [-0.39, 0.29) is 6.10 Å². The lowest BCUT2D eigenvalue weighted by atomic mass is 9.66. The van der Waals surface area contributed by atoms with Crippen LogP contribution in [-0.4, -0.2) is 11.2 Å². The van der Waals surface area contributed by atoms with E-state index in [2.05, 4.69) is 13.8 Å². The number of fused-ring (bicyclic) bond motifs is 1. The van der Waals surface area contributed by atoms with Crippen molar-refractivity contribution < 1.29 is 5.11 Å². The zero-order valence-electron chi connectivity index (χ0n) is 10.2. The van der Waals surface area contributed by atoms with E-state index in [1.54, 1.807) is 5.92 Å². The minimum absolute atomic E-state index is 0.0160. The SMILES string of the molecule is C[C](C)CC1CCC2CC(O)CCC2C1. The summed E-state index contributed by atoms with van der Waals surface area (Å²) in [6, 6.07) is 0. The Hall–Kier alpha value is -0.0400. The molecule has 0 aromatic heterocycles. The topological polar surface area (TPSA) is 20.2 Å². The molecule has 0 amide bonds. The van der Waals surface area contributed by atoms with Crippen molar-refractivity contribution in [3.8, 4) is 0 Å². The molecule has 0 aromatic carbocycles. The molecule has 2 saturated carbocycles. The Labute approximate surface area is 94.3 Å². The normalized spacial score (nSPS) is 41.6. The quantitative estimate of drug-likeness (QED) is 0.737. The second-order valence-electron chi connectivity index (χ2n) is 6.08. The Balaban J connectivity index is 1.84. The zero-order valence-corrected chi connectivity index (χ0v) is 10.2. The third-order valence-electron chi connectivity index (χ3n) is 4.39. The molecule has 0 heterocycles. The van der Waals surface area contributed by atoms with Gasteiger partial charge < -0.3 is 5.11 Å². The summed E-state index contributed by atoms with van der Waals surface area (Å²) in [6.45, 7) is 4.52. The molecule has 4 unspecified atom stereocenters. The predicted molar refractivity (Wildman–Crippen MR) is 63.4 cm³/mol. The standard InChI is InChI=1S/C14H25O/c1-10(2)7-11-3-4-13-9-14(15)6-5-12(13)8-11/h11-15H,3-9H2,1-2H3. The molecule has 1 nitrogen and oxygen atoms in total. The highest BCUT2D eigenvalue weighted by atomic mass is 16.3. The maximum atomic E-state index is 9.66. The van der Waals surface area contributed by atoms with E-state index in [1.807, 2.05) is 0 Å². The highest BCUT2D eigenvalue weighted by Crippen LogP contribution is 2.44. The van der Waals surface area contributed by atoms with E-state index in [1.165, 1.54) is 32.1 Å². The molecule has 2 fully saturated rings. The van der Waals surface area contributed by atoms with E-state index >= 15 is 0 Å². The number of aliphatic hydroxyl groups is 1. The molecular formula is C14H25O. The van der Waals surface area contributed by atoms with E-state index in [0.717, 1.165) is 30.6 Å². The van der Waals surface area contributed by atoms with Crippen LogP contribution in [0.4, 0.5) is 0 Å². The number of aliphatic hydroxyl groups excluding tert-OH is 1. The maximum Gasteiger partial charge on any atom is 0.0543 e. The molecule has 2 aliphatic carbocycles. The van der Waals surface area contributed by atoms with Gasteiger partial charge in [0.15, 0.2) is 0 Å². The minimum atomic E-state index is 0.0160. The summed E-state index contributed by atoms with van der Waals surface area (Å²) < 4.78 is 0. The summed E-state index contributed by atoms with van der Waals surface area (Å²) in [5.74, 6) is 4.33. The molecule has 0 aliphatic heterocycles. The Morgan fingerprint density at radius 2 is 1.67 bits per heavy atom. The number of hydrogen-bond acceptors (Lipinski definition) is 1. The molecule has 1 heteroatoms. The Morgan fingerprint density at radius 1 is 1.00 bits per heavy atom. The summed E-state index contributed by atoms with van der Waals surface area (Å²) in [4.78, 5) is 0. The van der Waals surface area contributed by atoms with Gasteiger partial charge in [-0.15, -0.1) is 0 Å². The van der Waals surface area contributed by atoms with Crippen LogP contribution in [0.5, 0.6) is 0 Å². The fraction of sp³-hybridized carbons (Fsp3) is 0.929. The van der Waals surface area contributed by atoms with Gasteiger partial charge in [0.2, 0.25) is 0 Å². The second kappa shape index (κ2) is 4.86. The fourth-order valence-corrected chi connectivity index (χ4v) is 3.72. The molecule has 4 atom stereocenters. The van der Waals surface area contributed by atoms with Gasteiger partial charge in [-0.05, 0) is 62.2 Å². The summed E-state index contributed by atoms with van der Waals surface area (Å²) in [5.41, 5.74) is 0. The highest BCUT2D eigenvalue weighted by Gasteiger charge is 2.34. The lowest BCUT2D eigenvalue weighted by Gasteiger charge is -2.41. The van der Waals surface area contributed by atoms with Crippen molar-refractivity contribution in [2.24, 2.45) is 17.8 Å². The summed E-state index contributed by atoms with van der Waals surface area (Å²) in [6.07, 6.45) is 9.00. The second-order valence-corrected chi connectivity index (χ2v) is 6.08. The van der Waals surface area contributed by atoms with Gasteiger partial charge in [0.1, 0.15) is 0 Å². The zero-order chi connectivity index (χ0) is 10.8. The molecule has 0 spiro atoms. The van der Waals surface area contributed by atoms with E-state index in [0.29, 0.717) is 0 Å². The van der Waals surface area contributed by atoms with Crippen LogP contribution in [-0.2, 0) is 0 Å². The lowest BCUT2D eigenvalue weighted by Crippen LogP contribution is -2.33. The highest BCUT2D eigenvalue weighted by molar-refractivity contribution is 4.89. The van der Waals surface area contributed by atoms with Gasteiger partial charge in [-0.3, -0.25) is 0 Å². The monoisotopic (exact) mass is 209 g/mol. The largest absolute Gasteiger partial charge is 0.393 e. The maximum absolute atomic E-state index is 9.66. The smallest absolute Gasteiger partial charge is 0.0543 e. The van der Waals surface area contributed by atoms with Crippen molar-refractivity contribution in [3.63, 3.8) is 0 Å². The third-order valence-corrected chi connectivity index (χ3v) is 4.39. The van der Waals surface area contributed by atoms with Crippen molar-refractivity contribution in [2.45, 2.75) is 64.9 Å². The third kappa shape index (κ3) is 2.96. The lowest BCUT2D eigenvalue weighted by molar-refractivity contribution is 0.0346. The molecular weight excluding hydrogens is 184 g/mol. The molecule has 2 rings (SSSR count). The first-order chi connectivity index (χ1) is 7.15. The fourth-order valence-electron chi connectivity index (χ4n) is 3.72. The molecule has 2 aliphatic rings. The van der Waals surface area contributed by atoms with Gasteiger partial charge in [-0.2, -0.15) is 0 Å². The van der Waals surface area contributed by atoms with Crippen LogP contribution in [0.15, 0.2) is 0 Å².